The van der Waals surface area contributed by atoms with Crippen molar-refractivity contribution in [1.29, 1.82) is 0 Å². The third-order valence-electron chi connectivity index (χ3n) is 2.88. The third-order valence-corrected chi connectivity index (χ3v) is 2.88. The Balaban J connectivity index is 2.44. The maximum Gasteiger partial charge on any atom is 0.224 e. The summed E-state index contributed by atoms with van der Waals surface area (Å²) in [6.07, 6.45) is 1.84. The van der Waals surface area contributed by atoms with Gasteiger partial charge >= 0.3 is 0 Å². The van der Waals surface area contributed by atoms with Crippen LogP contribution in [0.1, 0.15) is 30.9 Å². The number of amides is 1. The maximum atomic E-state index is 11.8. The first-order chi connectivity index (χ1) is 8.17. The zero-order valence-corrected chi connectivity index (χ0v) is 10.7. The second-order valence-corrected chi connectivity index (χ2v) is 4.42. The van der Waals surface area contributed by atoms with E-state index in [-0.39, 0.29) is 11.8 Å². The first-order valence-electron chi connectivity index (χ1n) is 6.20. The number of rotatable bonds is 6. The number of benzene rings is 1. The highest BCUT2D eigenvalue weighted by molar-refractivity contribution is 5.78. The molecule has 0 bridgehead atoms. The fourth-order valence-electron chi connectivity index (χ4n) is 1.74. The summed E-state index contributed by atoms with van der Waals surface area (Å²) in [6.45, 7) is 5.12. The number of aryl methyl sites for hydroxylation is 1. The van der Waals surface area contributed by atoms with Gasteiger partial charge in [0, 0.05) is 13.1 Å². The lowest BCUT2D eigenvalue weighted by Crippen LogP contribution is -2.34. The van der Waals surface area contributed by atoms with E-state index in [0.717, 1.165) is 18.4 Å². The lowest BCUT2D eigenvalue weighted by molar-refractivity contribution is -0.125. The van der Waals surface area contributed by atoms with Gasteiger partial charge in [0.25, 0.3) is 0 Å². The van der Waals surface area contributed by atoms with E-state index in [9.17, 15) is 4.79 Å². The minimum absolute atomic E-state index is 0.0505. The average Bonchev–Trinajstić information content (AvgIpc) is 2.35. The normalized spacial score (nSPS) is 12.2. The summed E-state index contributed by atoms with van der Waals surface area (Å²) in [6, 6.07) is 8.17. The molecule has 0 spiro atoms. The molecule has 0 heterocycles. The predicted molar refractivity (Wildman–Crippen MR) is 70.5 cm³/mol. The number of hydrogen-bond acceptors (Lipinski definition) is 2. The van der Waals surface area contributed by atoms with Crippen molar-refractivity contribution in [2.75, 3.05) is 6.54 Å². The zero-order valence-electron chi connectivity index (χ0n) is 10.7. The summed E-state index contributed by atoms with van der Waals surface area (Å²) in [5.41, 5.74) is 7.94. The molecule has 0 fully saturated rings. The van der Waals surface area contributed by atoms with E-state index >= 15 is 0 Å². The molecular weight excluding hydrogens is 212 g/mol. The molecule has 0 aliphatic rings. The van der Waals surface area contributed by atoms with E-state index in [0.29, 0.717) is 13.1 Å². The minimum atomic E-state index is -0.0505. The lowest BCUT2D eigenvalue weighted by Gasteiger charge is -2.13. The molecular formula is C14H22N2O. The second-order valence-electron chi connectivity index (χ2n) is 4.42. The van der Waals surface area contributed by atoms with Gasteiger partial charge in [-0.2, -0.15) is 0 Å². The summed E-state index contributed by atoms with van der Waals surface area (Å²) >= 11 is 0. The van der Waals surface area contributed by atoms with E-state index < -0.39 is 0 Å². The monoisotopic (exact) mass is 234 g/mol. The Kier molecular flexibility index (Phi) is 5.70. The Morgan fingerprint density at radius 3 is 2.53 bits per heavy atom. The van der Waals surface area contributed by atoms with Crippen molar-refractivity contribution >= 4 is 5.91 Å². The summed E-state index contributed by atoms with van der Waals surface area (Å²) in [5, 5.41) is 2.94. The molecule has 0 saturated carbocycles. The van der Waals surface area contributed by atoms with Gasteiger partial charge < -0.3 is 11.1 Å². The van der Waals surface area contributed by atoms with Crippen molar-refractivity contribution in [3.8, 4) is 0 Å². The molecule has 1 rings (SSSR count). The molecule has 1 unspecified atom stereocenters. The molecule has 17 heavy (non-hydrogen) atoms. The molecule has 0 aromatic heterocycles. The molecule has 1 aromatic rings. The first-order valence-corrected chi connectivity index (χ1v) is 6.20. The van der Waals surface area contributed by atoms with E-state index in [4.69, 9.17) is 5.73 Å². The largest absolute Gasteiger partial charge is 0.352 e. The quantitative estimate of drug-likeness (QED) is 0.791. The van der Waals surface area contributed by atoms with Crippen LogP contribution in [0.4, 0.5) is 0 Å². The molecule has 1 aromatic carbocycles. The molecule has 0 saturated heterocycles. The van der Waals surface area contributed by atoms with Crippen LogP contribution in [0.3, 0.4) is 0 Å². The van der Waals surface area contributed by atoms with Crippen molar-refractivity contribution in [3.05, 3.63) is 35.4 Å². The van der Waals surface area contributed by atoms with Crippen LogP contribution in [-0.2, 0) is 11.3 Å². The Bertz CT molecular complexity index is 346. The molecule has 1 atom stereocenters. The van der Waals surface area contributed by atoms with Gasteiger partial charge in [-0.05, 0) is 18.9 Å². The van der Waals surface area contributed by atoms with Crippen LogP contribution in [0.5, 0.6) is 0 Å². The van der Waals surface area contributed by atoms with Gasteiger partial charge in [0.15, 0.2) is 0 Å². The number of nitrogens with one attached hydrogen (secondary N) is 1. The molecule has 3 heteroatoms. The molecule has 0 aliphatic carbocycles. The van der Waals surface area contributed by atoms with Crippen LogP contribution in [0.15, 0.2) is 24.3 Å². The number of carbonyl (C=O) groups excluding carboxylic acids is 1. The standard InChI is InChI=1S/C14H22N2O/c1-3-4-13(9-15)14(17)16-10-12-7-5-11(2)6-8-12/h5-8,13H,3-4,9-10,15H2,1-2H3,(H,16,17). The van der Waals surface area contributed by atoms with Gasteiger partial charge in [-0.3, -0.25) is 4.79 Å². The molecule has 0 radical (unpaired) electrons. The van der Waals surface area contributed by atoms with Gasteiger partial charge in [-0.25, -0.2) is 0 Å². The maximum absolute atomic E-state index is 11.8. The fourth-order valence-corrected chi connectivity index (χ4v) is 1.74. The first kappa shape index (κ1) is 13.7. The van der Waals surface area contributed by atoms with E-state index in [1.165, 1.54) is 5.56 Å². The van der Waals surface area contributed by atoms with Crippen molar-refractivity contribution < 1.29 is 4.79 Å². The van der Waals surface area contributed by atoms with Crippen molar-refractivity contribution in [2.24, 2.45) is 11.7 Å². The third kappa shape index (κ3) is 4.57. The highest BCUT2D eigenvalue weighted by Gasteiger charge is 2.14. The summed E-state index contributed by atoms with van der Waals surface area (Å²) in [5.74, 6) is 0.0142. The van der Waals surface area contributed by atoms with Gasteiger partial charge in [0.05, 0.1) is 5.92 Å². The van der Waals surface area contributed by atoms with Crippen molar-refractivity contribution in [2.45, 2.75) is 33.2 Å². The van der Waals surface area contributed by atoms with Gasteiger partial charge in [-0.15, -0.1) is 0 Å². The zero-order chi connectivity index (χ0) is 12.7. The summed E-state index contributed by atoms with van der Waals surface area (Å²) in [4.78, 5) is 11.8. The molecule has 3 N–H and O–H groups in total. The molecule has 0 aliphatic heterocycles. The van der Waals surface area contributed by atoms with Crippen LogP contribution >= 0.6 is 0 Å². The smallest absolute Gasteiger partial charge is 0.224 e. The highest BCUT2D eigenvalue weighted by Crippen LogP contribution is 2.06. The lowest BCUT2D eigenvalue weighted by atomic mass is 10.0. The summed E-state index contributed by atoms with van der Waals surface area (Å²) < 4.78 is 0. The predicted octanol–water partition coefficient (Wildman–Crippen LogP) is 1.99. The van der Waals surface area contributed by atoms with Crippen LogP contribution in [0, 0.1) is 12.8 Å². The minimum Gasteiger partial charge on any atom is -0.352 e. The van der Waals surface area contributed by atoms with Crippen LogP contribution in [0.25, 0.3) is 0 Å². The second kappa shape index (κ2) is 7.07. The topological polar surface area (TPSA) is 55.1 Å². The van der Waals surface area contributed by atoms with Crippen LogP contribution in [-0.4, -0.2) is 12.5 Å². The van der Waals surface area contributed by atoms with Crippen LogP contribution in [0.2, 0.25) is 0 Å². The highest BCUT2D eigenvalue weighted by atomic mass is 16.1. The number of carbonyl (C=O) groups is 1. The van der Waals surface area contributed by atoms with Crippen LogP contribution < -0.4 is 11.1 Å². The van der Waals surface area contributed by atoms with Gasteiger partial charge in [0.1, 0.15) is 0 Å². The van der Waals surface area contributed by atoms with E-state index in [1.807, 2.05) is 31.2 Å². The number of hydrogen-bond donors (Lipinski definition) is 2. The van der Waals surface area contributed by atoms with E-state index in [1.54, 1.807) is 0 Å². The number of nitrogens with two attached hydrogens (primary N) is 1. The van der Waals surface area contributed by atoms with Crippen molar-refractivity contribution in [1.82, 2.24) is 5.32 Å². The van der Waals surface area contributed by atoms with Crippen molar-refractivity contribution in [3.63, 3.8) is 0 Å². The summed E-state index contributed by atoms with van der Waals surface area (Å²) in [7, 11) is 0. The Hall–Kier alpha value is -1.35. The Morgan fingerprint density at radius 2 is 2.00 bits per heavy atom. The molecule has 3 nitrogen and oxygen atoms in total. The van der Waals surface area contributed by atoms with E-state index in [2.05, 4.69) is 12.2 Å². The van der Waals surface area contributed by atoms with Gasteiger partial charge in [-0.1, -0.05) is 43.2 Å². The Labute approximate surface area is 103 Å². The molecule has 1 amide bonds. The van der Waals surface area contributed by atoms with Gasteiger partial charge in [0.2, 0.25) is 5.91 Å². The molecule has 94 valence electrons. The average molecular weight is 234 g/mol. The Morgan fingerprint density at radius 1 is 1.35 bits per heavy atom. The SMILES string of the molecule is CCCC(CN)C(=O)NCc1ccc(C)cc1. The fraction of sp³-hybridized carbons (Fsp3) is 0.500.